The fraction of sp³-hybridized carbons (Fsp3) is 0.714. The normalized spacial score (nSPS) is 15.8. The van der Waals surface area contributed by atoms with Gasteiger partial charge in [-0.3, -0.25) is 9.59 Å². The second-order valence-corrected chi connectivity index (χ2v) is 2.26. The van der Waals surface area contributed by atoms with E-state index in [0.717, 1.165) is 0 Å². The Morgan fingerprint density at radius 1 is 0.857 bits per heavy atom. The molecular weight excluding hydrogens is 196 g/mol. The number of rotatable bonds is 5. The van der Waals surface area contributed by atoms with Gasteiger partial charge >= 0.3 is 0 Å². The maximum atomic E-state index is 8.81. The molecule has 0 aromatic carbocycles. The summed E-state index contributed by atoms with van der Waals surface area (Å²) in [7, 11) is 0. The Hall–Kier alpha value is -0.860. The van der Waals surface area contributed by atoms with E-state index in [9.17, 15) is 0 Å². The largest absolute Gasteiger partial charge is 0.394 e. The zero-order valence-electron chi connectivity index (χ0n) is 7.35. The molecule has 0 bridgehead atoms. The highest BCUT2D eigenvalue weighted by Gasteiger charge is 2.22. The van der Waals surface area contributed by atoms with Crippen molar-refractivity contribution in [3.8, 4) is 0 Å². The molecule has 3 atom stereocenters. The van der Waals surface area contributed by atoms with E-state index in [1.165, 1.54) is 0 Å². The van der Waals surface area contributed by atoms with Crippen LogP contribution in [-0.2, 0) is 9.59 Å². The number of aliphatic hydroxyl groups is 5. The van der Waals surface area contributed by atoms with Gasteiger partial charge in [-0.15, -0.1) is 0 Å². The number of hydrogen-bond donors (Lipinski definition) is 5. The van der Waals surface area contributed by atoms with Gasteiger partial charge in [0.25, 0.3) is 0 Å². The van der Waals surface area contributed by atoms with Crippen LogP contribution in [0.3, 0.4) is 0 Å². The summed E-state index contributed by atoms with van der Waals surface area (Å²) in [6.45, 7) is -1.28. The van der Waals surface area contributed by atoms with Crippen LogP contribution in [0.1, 0.15) is 0 Å². The van der Waals surface area contributed by atoms with Crippen molar-refractivity contribution in [1.29, 1.82) is 0 Å². The summed E-state index contributed by atoms with van der Waals surface area (Å²) >= 11 is 0. The zero-order chi connectivity index (χ0) is 11.6. The molecule has 0 unspecified atom stereocenters. The molecule has 0 saturated carbocycles. The molecule has 0 aromatic rings. The summed E-state index contributed by atoms with van der Waals surface area (Å²) in [5.41, 5.74) is 0. The molecule has 84 valence electrons. The van der Waals surface area contributed by atoms with E-state index in [0.29, 0.717) is 0 Å². The smallest absolute Gasteiger partial charge is 0.182 e. The van der Waals surface area contributed by atoms with Crippen molar-refractivity contribution in [3.63, 3.8) is 0 Å². The number of carbonyl (C=O) groups excluding carboxylic acids is 2. The van der Waals surface area contributed by atoms with Gasteiger partial charge in [0.05, 0.1) is 13.2 Å². The minimum absolute atomic E-state index is 0.194. The summed E-state index contributed by atoms with van der Waals surface area (Å²) in [5, 5.41) is 42.6. The monoisotopic (exact) mass is 210 g/mol. The Kier molecular flexibility index (Phi) is 11.4. The fourth-order valence-electron chi connectivity index (χ4n) is 0.472. The first kappa shape index (κ1) is 15.6. The van der Waals surface area contributed by atoms with Gasteiger partial charge in [0.15, 0.2) is 12.6 Å². The summed E-state index contributed by atoms with van der Waals surface area (Å²) in [6, 6.07) is 0. The Morgan fingerprint density at radius 3 is 1.29 bits per heavy atom. The van der Waals surface area contributed by atoms with E-state index in [1.807, 2.05) is 0 Å². The van der Waals surface area contributed by atoms with E-state index in [2.05, 4.69) is 0 Å². The Morgan fingerprint density at radius 2 is 1.14 bits per heavy atom. The van der Waals surface area contributed by atoms with Crippen LogP contribution in [-0.4, -0.2) is 69.6 Å². The van der Waals surface area contributed by atoms with Crippen LogP contribution in [0.5, 0.6) is 0 Å². The second kappa shape index (κ2) is 10.2. The highest BCUT2D eigenvalue weighted by molar-refractivity contribution is 6.09. The summed E-state index contributed by atoms with van der Waals surface area (Å²) in [4.78, 5) is 17.6. The average Bonchev–Trinajstić information content (AvgIpc) is 2.26. The van der Waals surface area contributed by atoms with Crippen molar-refractivity contribution in [3.05, 3.63) is 0 Å². The lowest BCUT2D eigenvalue weighted by molar-refractivity contribution is -0.122. The van der Waals surface area contributed by atoms with Gasteiger partial charge < -0.3 is 25.5 Å². The first-order chi connectivity index (χ1) is 6.54. The SMILES string of the molecule is O=CC=O.OC[C@@H](O)[C@H](O)[C@@H](O)CO. The molecular formula is C7H14O7. The van der Waals surface area contributed by atoms with Crippen LogP contribution >= 0.6 is 0 Å². The van der Waals surface area contributed by atoms with Crippen molar-refractivity contribution >= 4 is 12.6 Å². The molecule has 7 heteroatoms. The standard InChI is InChI=1S/C5H12O5.C2H2O2/c6-1-3(8)5(10)4(9)2-7;3-1-2-4/h3-10H,1-2H2;1-2H/t3-,4+,5+;. The van der Waals surface area contributed by atoms with E-state index < -0.39 is 31.5 Å². The first-order valence-electron chi connectivity index (χ1n) is 3.69. The van der Waals surface area contributed by atoms with E-state index in [4.69, 9.17) is 35.1 Å². The third-order valence-electron chi connectivity index (χ3n) is 1.22. The Labute approximate surface area is 80.2 Å². The molecule has 14 heavy (non-hydrogen) atoms. The second-order valence-electron chi connectivity index (χ2n) is 2.26. The highest BCUT2D eigenvalue weighted by Crippen LogP contribution is 1.97. The molecule has 0 saturated heterocycles. The minimum atomic E-state index is -1.49. The first-order valence-corrected chi connectivity index (χ1v) is 3.69. The number of carbonyl (C=O) groups is 2. The van der Waals surface area contributed by atoms with Crippen LogP contribution in [0.25, 0.3) is 0 Å². The highest BCUT2D eigenvalue weighted by atomic mass is 16.4. The van der Waals surface area contributed by atoms with Gasteiger partial charge in [0.2, 0.25) is 0 Å². The van der Waals surface area contributed by atoms with Crippen molar-refractivity contribution in [2.24, 2.45) is 0 Å². The molecule has 0 aliphatic heterocycles. The van der Waals surface area contributed by atoms with Crippen LogP contribution in [0.4, 0.5) is 0 Å². The zero-order valence-corrected chi connectivity index (χ0v) is 7.35. The molecule has 0 heterocycles. The van der Waals surface area contributed by atoms with Crippen LogP contribution in [0.2, 0.25) is 0 Å². The Balaban J connectivity index is 0. The van der Waals surface area contributed by atoms with E-state index in [1.54, 1.807) is 0 Å². The van der Waals surface area contributed by atoms with Gasteiger partial charge in [0, 0.05) is 0 Å². The number of aliphatic hydroxyl groups excluding tert-OH is 5. The number of hydrogen-bond acceptors (Lipinski definition) is 7. The molecule has 0 aromatic heterocycles. The lowest BCUT2D eigenvalue weighted by Gasteiger charge is -2.19. The topological polar surface area (TPSA) is 135 Å². The predicted molar refractivity (Wildman–Crippen MR) is 44.3 cm³/mol. The molecule has 0 rings (SSSR count). The average molecular weight is 210 g/mol. The summed E-state index contributed by atoms with van der Waals surface area (Å²) in [6.07, 6.45) is -3.90. The van der Waals surface area contributed by atoms with Crippen molar-refractivity contribution in [2.45, 2.75) is 18.3 Å². The van der Waals surface area contributed by atoms with Crippen LogP contribution in [0, 0.1) is 0 Å². The van der Waals surface area contributed by atoms with Crippen molar-refractivity contribution in [1.82, 2.24) is 0 Å². The molecule has 0 aliphatic rings. The van der Waals surface area contributed by atoms with Gasteiger partial charge in [-0.25, -0.2) is 0 Å². The minimum Gasteiger partial charge on any atom is -0.394 e. The molecule has 7 nitrogen and oxygen atoms in total. The summed E-state index contributed by atoms with van der Waals surface area (Å²) in [5.74, 6) is 0. The van der Waals surface area contributed by atoms with E-state index in [-0.39, 0.29) is 12.6 Å². The van der Waals surface area contributed by atoms with Crippen molar-refractivity contribution < 1.29 is 35.1 Å². The maximum Gasteiger partial charge on any atom is 0.182 e. The molecule has 5 N–H and O–H groups in total. The molecule has 0 amide bonds. The van der Waals surface area contributed by atoms with E-state index >= 15 is 0 Å². The van der Waals surface area contributed by atoms with Gasteiger partial charge in [-0.05, 0) is 0 Å². The third kappa shape index (κ3) is 7.77. The molecule has 0 aliphatic carbocycles. The Bertz CT molecular complexity index is 133. The van der Waals surface area contributed by atoms with Gasteiger partial charge in [0.1, 0.15) is 18.3 Å². The molecule has 0 radical (unpaired) electrons. The van der Waals surface area contributed by atoms with Crippen LogP contribution < -0.4 is 0 Å². The predicted octanol–water partition coefficient (Wildman–Crippen LogP) is -3.56. The van der Waals surface area contributed by atoms with Crippen molar-refractivity contribution in [2.75, 3.05) is 13.2 Å². The lowest BCUT2D eigenvalue weighted by Crippen LogP contribution is -2.41. The quantitative estimate of drug-likeness (QED) is 0.234. The maximum absolute atomic E-state index is 8.81. The molecule has 0 spiro atoms. The summed E-state index contributed by atoms with van der Waals surface area (Å²) < 4.78 is 0. The number of aldehydes is 2. The fourth-order valence-corrected chi connectivity index (χ4v) is 0.472. The third-order valence-corrected chi connectivity index (χ3v) is 1.22. The van der Waals surface area contributed by atoms with Gasteiger partial charge in [-0.2, -0.15) is 0 Å². The molecule has 0 fully saturated rings. The lowest BCUT2D eigenvalue weighted by atomic mass is 10.1. The van der Waals surface area contributed by atoms with Crippen LogP contribution in [0.15, 0.2) is 0 Å². The van der Waals surface area contributed by atoms with Gasteiger partial charge in [-0.1, -0.05) is 0 Å².